The molecule has 0 spiro atoms. The Morgan fingerprint density at radius 2 is 2.18 bits per heavy atom. The first-order valence-electron chi connectivity index (χ1n) is 6.30. The molecule has 0 radical (unpaired) electrons. The maximum absolute atomic E-state index is 13.6. The fraction of sp³-hybridized carbons (Fsp3) is 0.571. The Bertz CT molecular complexity index is 388. The average molecular weight is 256 g/mol. The van der Waals surface area contributed by atoms with Gasteiger partial charge in [-0.05, 0) is 30.7 Å². The van der Waals surface area contributed by atoms with E-state index < -0.39 is 0 Å². The summed E-state index contributed by atoms with van der Waals surface area (Å²) in [4.78, 5) is 0. The predicted molar refractivity (Wildman–Crippen MR) is 69.7 cm³/mol. The third-order valence-corrected chi connectivity index (χ3v) is 3.88. The standard InChI is InChI=1S/C14H19ClFN/c1-2-6-14(7-8-14)10-17-9-11-4-3-5-12(15)13(11)16/h3-5,17H,2,6-10H2,1H3. The average Bonchev–Trinajstić information content (AvgIpc) is 3.05. The van der Waals surface area contributed by atoms with E-state index in [-0.39, 0.29) is 10.8 Å². The Hall–Kier alpha value is -0.600. The molecule has 1 nitrogen and oxygen atoms in total. The first-order chi connectivity index (χ1) is 8.17. The molecule has 1 aliphatic carbocycles. The molecule has 17 heavy (non-hydrogen) atoms. The molecular formula is C14H19ClFN. The van der Waals surface area contributed by atoms with Gasteiger partial charge in [-0.25, -0.2) is 4.39 Å². The van der Waals surface area contributed by atoms with Crippen LogP contribution in [0.1, 0.15) is 38.2 Å². The smallest absolute Gasteiger partial charge is 0.146 e. The molecule has 3 heteroatoms. The monoisotopic (exact) mass is 255 g/mol. The van der Waals surface area contributed by atoms with Crippen LogP contribution in [0, 0.1) is 11.2 Å². The minimum atomic E-state index is -0.290. The van der Waals surface area contributed by atoms with E-state index in [1.54, 1.807) is 18.2 Å². The van der Waals surface area contributed by atoms with Crippen LogP contribution in [0.5, 0.6) is 0 Å². The third-order valence-electron chi connectivity index (χ3n) is 3.58. The summed E-state index contributed by atoms with van der Waals surface area (Å²) in [5.41, 5.74) is 1.16. The largest absolute Gasteiger partial charge is 0.312 e. The highest BCUT2D eigenvalue weighted by atomic mass is 35.5. The first-order valence-corrected chi connectivity index (χ1v) is 6.68. The van der Waals surface area contributed by atoms with Gasteiger partial charge in [-0.3, -0.25) is 0 Å². The predicted octanol–water partition coefficient (Wildman–Crippen LogP) is 4.15. The van der Waals surface area contributed by atoms with Crippen LogP contribution in [-0.4, -0.2) is 6.54 Å². The van der Waals surface area contributed by atoms with Crippen LogP contribution >= 0.6 is 11.6 Å². The zero-order valence-electron chi connectivity index (χ0n) is 10.2. The quantitative estimate of drug-likeness (QED) is 0.805. The Balaban J connectivity index is 1.84. The number of halogens is 2. The minimum absolute atomic E-state index is 0.207. The second kappa shape index (κ2) is 5.36. The van der Waals surface area contributed by atoms with Crippen LogP contribution in [0.15, 0.2) is 18.2 Å². The molecule has 1 N–H and O–H groups in total. The molecule has 1 aromatic carbocycles. The summed E-state index contributed by atoms with van der Waals surface area (Å²) in [6.45, 7) is 3.78. The van der Waals surface area contributed by atoms with Gasteiger partial charge in [0.05, 0.1) is 5.02 Å². The number of benzene rings is 1. The van der Waals surface area contributed by atoms with Gasteiger partial charge in [-0.15, -0.1) is 0 Å². The van der Waals surface area contributed by atoms with Crippen molar-refractivity contribution in [3.05, 3.63) is 34.6 Å². The molecule has 0 heterocycles. The maximum Gasteiger partial charge on any atom is 0.146 e. The molecule has 1 saturated carbocycles. The highest BCUT2D eigenvalue weighted by Gasteiger charge is 2.40. The Morgan fingerprint density at radius 1 is 1.41 bits per heavy atom. The van der Waals surface area contributed by atoms with Crippen molar-refractivity contribution in [2.24, 2.45) is 5.41 Å². The molecule has 0 aliphatic heterocycles. The van der Waals surface area contributed by atoms with E-state index >= 15 is 0 Å². The number of nitrogens with one attached hydrogen (secondary N) is 1. The lowest BCUT2D eigenvalue weighted by atomic mass is 10.0. The fourth-order valence-electron chi connectivity index (χ4n) is 2.37. The van der Waals surface area contributed by atoms with Gasteiger partial charge in [0.2, 0.25) is 0 Å². The SMILES string of the molecule is CCCC1(CNCc2cccc(Cl)c2F)CC1. The molecule has 2 rings (SSSR count). The Morgan fingerprint density at radius 3 is 2.82 bits per heavy atom. The lowest BCUT2D eigenvalue weighted by molar-refractivity contribution is 0.418. The van der Waals surface area contributed by atoms with Crippen LogP contribution < -0.4 is 5.32 Å². The van der Waals surface area contributed by atoms with Gasteiger partial charge in [0, 0.05) is 18.7 Å². The van der Waals surface area contributed by atoms with Crippen molar-refractivity contribution in [2.45, 2.75) is 39.2 Å². The second-order valence-electron chi connectivity index (χ2n) is 5.07. The molecule has 0 aromatic heterocycles. The van der Waals surface area contributed by atoms with E-state index in [9.17, 15) is 4.39 Å². The highest BCUT2D eigenvalue weighted by molar-refractivity contribution is 6.30. The molecule has 1 aliphatic rings. The van der Waals surface area contributed by atoms with Crippen molar-refractivity contribution in [1.82, 2.24) is 5.32 Å². The Labute approximate surface area is 107 Å². The van der Waals surface area contributed by atoms with Gasteiger partial charge in [0.1, 0.15) is 5.82 Å². The molecule has 0 amide bonds. The second-order valence-corrected chi connectivity index (χ2v) is 5.47. The third kappa shape index (κ3) is 3.20. The van der Waals surface area contributed by atoms with E-state index in [4.69, 9.17) is 11.6 Å². The highest BCUT2D eigenvalue weighted by Crippen LogP contribution is 2.48. The molecular weight excluding hydrogens is 237 g/mol. The summed E-state index contributed by atoms with van der Waals surface area (Å²) < 4.78 is 13.6. The van der Waals surface area contributed by atoms with Crippen LogP contribution in [0.25, 0.3) is 0 Å². The zero-order chi connectivity index (χ0) is 12.3. The Kier molecular flexibility index (Phi) is 4.05. The summed E-state index contributed by atoms with van der Waals surface area (Å²) in [5, 5.41) is 3.57. The van der Waals surface area contributed by atoms with Crippen LogP contribution in [-0.2, 0) is 6.54 Å². The van der Waals surface area contributed by atoms with Gasteiger partial charge in [-0.2, -0.15) is 0 Å². The normalized spacial score (nSPS) is 17.1. The molecule has 0 unspecified atom stereocenters. The summed E-state index contributed by atoms with van der Waals surface area (Å²) in [6, 6.07) is 5.16. The van der Waals surface area contributed by atoms with Crippen molar-refractivity contribution in [1.29, 1.82) is 0 Å². The van der Waals surface area contributed by atoms with Crippen molar-refractivity contribution >= 4 is 11.6 Å². The van der Waals surface area contributed by atoms with Gasteiger partial charge < -0.3 is 5.32 Å². The molecule has 0 bridgehead atoms. The van der Waals surface area contributed by atoms with E-state index in [2.05, 4.69) is 12.2 Å². The molecule has 1 aromatic rings. The molecule has 0 atom stereocenters. The van der Waals surface area contributed by atoms with E-state index in [0.717, 1.165) is 6.54 Å². The number of rotatable bonds is 6. The molecule has 1 fully saturated rings. The maximum atomic E-state index is 13.6. The number of hydrogen-bond donors (Lipinski definition) is 1. The van der Waals surface area contributed by atoms with E-state index in [1.165, 1.54) is 25.7 Å². The summed E-state index contributed by atoms with van der Waals surface area (Å²) >= 11 is 5.74. The lowest BCUT2D eigenvalue weighted by Crippen LogP contribution is -2.24. The lowest BCUT2D eigenvalue weighted by Gasteiger charge is -2.15. The van der Waals surface area contributed by atoms with Crippen LogP contribution in [0.4, 0.5) is 4.39 Å². The van der Waals surface area contributed by atoms with Crippen LogP contribution in [0.3, 0.4) is 0 Å². The van der Waals surface area contributed by atoms with Gasteiger partial charge >= 0.3 is 0 Å². The van der Waals surface area contributed by atoms with E-state index in [0.29, 0.717) is 17.5 Å². The minimum Gasteiger partial charge on any atom is -0.312 e. The molecule has 94 valence electrons. The van der Waals surface area contributed by atoms with E-state index in [1.807, 2.05) is 0 Å². The summed E-state index contributed by atoms with van der Waals surface area (Å²) in [5.74, 6) is -0.290. The number of hydrogen-bond acceptors (Lipinski definition) is 1. The first kappa shape index (κ1) is 12.8. The van der Waals surface area contributed by atoms with Crippen molar-refractivity contribution in [3.8, 4) is 0 Å². The van der Waals surface area contributed by atoms with Crippen molar-refractivity contribution < 1.29 is 4.39 Å². The topological polar surface area (TPSA) is 12.0 Å². The van der Waals surface area contributed by atoms with Crippen molar-refractivity contribution in [3.63, 3.8) is 0 Å². The van der Waals surface area contributed by atoms with Gasteiger partial charge in [0.25, 0.3) is 0 Å². The van der Waals surface area contributed by atoms with Gasteiger partial charge in [-0.1, -0.05) is 37.1 Å². The zero-order valence-corrected chi connectivity index (χ0v) is 11.0. The van der Waals surface area contributed by atoms with Crippen molar-refractivity contribution in [2.75, 3.05) is 6.54 Å². The molecule has 0 saturated heterocycles. The van der Waals surface area contributed by atoms with Gasteiger partial charge in [0.15, 0.2) is 0 Å². The summed E-state index contributed by atoms with van der Waals surface area (Å²) in [7, 11) is 0. The summed E-state index contributed by atoms with van der Waals surface area (Å²) in [6.07, 6.45) is 5.13. The van der Waals surface area contributed by atoms with Crippen LogP contribution in [0.2, 0.25) is 5.02 Å². The fourth-order valence-corrected chi connectivity index (χ4v) is 2.56.